The SMILES string of the molecule is CCC(C)(C)CCC1C(C)CCC2CC(C)CCC21C. The summed E-state index contributed by atoms with van der Waals surface area (Å²) in [7, 11) is 0. The second-order valence-corrected chi connectivity index (χ2v) is 9.30. The van der Waals surface area contributed by atoms with Gasteiger partial charge in [-0.25, -0.2) is 0 Å². The van der Waals surface area contributed by atoms with Gasteiger partial charge in [0, 0.05) is 0 Å². The lowest BCUT2D eigenvalue weighted by Gasteiger charge is -2.55. The quantitative estimate of drug-likeness (QED) is 0.537. The molecule has 0 amide bonds. The van der Waals surface area contributed by atoms with Gasteiger partial charge in [0.05, 0.1) is 0 Å². The molecule has 0 heterocycles. The zero-order chi connectivity index (χ0) is 15.0. The third-order valence-electron chi connectivity index (χ3n) is 7.39. The van der Waals surface area contributed by atoms with Gasteiger partial charge in [-0.3, -0.25) is 0 Å². The maximum Gasteiger partial charge on any atom is -0.0266 e. The number of fused-ring (bicyclic) bond motifs is 1. The van der Waals surface area contributed by atoms with Gasteiger partial charge in [-0.15, -0.1) is 0 Å². The summed E-state index contributed by atoms with van der Waals surface area (Å²) in [4.78, 5) is 0. The standard InChI is InChI=1S/C20H38/c1-7-19(4,5)12-11-18-16(3)8-9-17-14-15(2)10-13-20(17,18)6/h15-18H,7-14H2,1-6H3. The van der Waals surface area contributed by atoms with E-state index in [2.05, 4.69) is 41.5 Å². The molecule has 2 fully saturated rings. The Bertz CT molecular complexity index is 316. The van der Waals surface area contributed by atoms with Crippen molar-refractivity contribution in [3.05, 3.63) is 0 Å². The fourth-order valence-corrected chi connectivity index (χ4v) is 5.22. The molecule has 0 nitrogen and oxygen atoms in total. The van der Waals surface area contributed by atoms with Crippen molar-refractivity contribution in [1.29, 1.82) is 0 Å². The summed E-state index contributed by atoms with van der Waals surface area (Å²) in [6, 6.07) is 0. The second-order valence-electron chi connectivity index (χ2n) is 9.30. The molecule has 2 aliphatic rings. The Morgan fingerprint density at radius 2 is 1.80 bits per heavy atom. The summed E-state index contributed by atoms with van der Waals surface area (Å²) in [5, 5.41) is 0. The third-order valence-corrected chi connectivity index (χ3v) is 7.39. The molecular formula is C20H38. The monoisotopic (exact) mass is 278 g/mol. The molecule has 0 radical (unpaired) electrons. The Balaban J connectivity index is 2.08. The van der Waals surface area contributed by atoms with Crippen LogP contribution in [0.1, 0.15) is 92.9 Å². The lowest BCUT2D eigenvalue weighted by atomic mass is 9.50. The van der Waals surface area contributed by atoms with E-state index in [1.54, 1.807) is 0 Å². The summed E-state index contributed by atoms with van der Waals surface area (Å²) >= 11 is 0. The van der Waals surface area contributed by atoms with Crippen molar-refractivity contribution in [2.24, 2.45) is 34.5 Å². The van der Waals surface area contributed by atoms with Crippen molar-refractivity contribution in [2.45, 2.75) is 92.9 Å². The molecule has 118 valence electrons. The topological polar surface area (TPSA) is 0 Å². The van der Waals surface area contributed by atoms with Gasteiger partial charge in [-0.1, -0.05) is 60.8 Å². The van der Waals surface area contributed by atoms with E-state index in [4.69, 9.17) is 0 Å². The maximum atomic E-state index is 2.66. The molecular weight excluding hydrogens is 240 g/mol. The van der Waals surface area contributed by atoms with Crippen LogP contribution < -0.4 is 0 Å². The van der Waals surface area contributed by atoms with Gasteiger partial charge < -0.3 is 0 Å². The Morgan fingerprint density at radius 3 is 2.45 bits per heavy atom. The van der Waals surface area contributed by atoms with Crippen molar-refractivity contribution in [1.82, 2.24) is 0 Å². The summed E-state index contributed by atoms with van der Waals surface area (Å²) in [5.41, 5.74) is 1.21. The lowest BCUT2D eigenvalue weighted by Crippen LogP contribution is -2.46. The van der Waals surface area contributed by atoms with Gasteiger partial charge in [0.1, 0.15) is 0 Å². The molecule has 0 aromatic carbocycles. The molecule has 0 saturated heterocycles. The first-order chi connectivity index (χ1) is 9.28. The van der Waals surface area contributed by atoms with Crippen molar-refractivity contribution >= 4 is 0 Å². The van der Waals surface area contributed by atoms with Crippen LogP contribution in [0, 0.1) is 34.5 Å². The van der Waals surface area contributed by atoms with Crippen molar-refractivity contribution in [2.75, 3.05) is 0 Å². The van der Waals surface area contributed by atoms with Crippen LogP contribution in [0.25, 0.3) is 0 Å². The van der Waals surface area contributed by atoms with E-state index in [0.717, 1.165) is 23.7 Å². The molecule has 0 bridgehead atoms. The van der Waals surface area contributed by atoms with Crippen LogP contribution in [0.5, 0.6) is 0 Å². The smallest absolute Gasteiger partial charge is 0.0266 e. The van der Waals surface area contributed by atoms with Crippen LogP contribution in [0.4, 0.5) is 0 Å². The van der Waals surface area contributed by atoms with E-state index in [0.29, 0.717) is 10.8 Å². The van der Waals surface area contributed by atoms with Gasteiger partial charge in [-0.2, -0.15) is 0 Å². The molecule has 20 heavy (non-hydrogen) atoms. The van der Waals surface area contributed by atoms with E-state index < -0.39 is 0 Å². The highest BCUT2D eigenvalue weighted by Gasteiger charge is 2.48. The molecule has 0 aromatic heterocycles. The highest BCUT2D eigenvalue weighted by atomic mass is 14.5. The third kappa shape index (κ3) is 3.25. The van der Waals surface area contributed by atoms with E-state index in [-0.39, 0.29) is 0 Å². The Hall–Kier alpha value is 0. The van der Waals surface area contributed by atoms with Crippen LogP contribution in [0.3, 0.4) is 0 Å². The van der Waals surface area contributed by atoms with E-state index >= 15 is 0 Å². The Morgan fingerprint density at radius 1 is 1.10 bits per heavy atom. The van der Waals surface area contributed by atoms with Crippen molar-refractivity contribution < 1.29 is 0 Å². The molecule has 0 N–H and O–H groups in total. The van der Waals surface area contributed by atoms with Crippen LogP contribution in [-0.2, 0) is 0 Å². The van der Waals surface area contributed by atoms with Crippen molar-refractivity contribution in [3.63, 3.8) is 0 Å². The van der Waals surface area contributed by atoms with E-state index in [9.17, 15) is 0 Å². The molecule has 0 aromatic rings. The molecule has 2 rings (SSSR count). The van der Waals surface area contributed by atoms with E-state index in [1.807, 2.05) is 0 Å². The van der Waals surface area contributed by atoms with Crippen molar-refractivity contribution in [3.8, 4) is 0 Å². The van der Waals surface area contributed by atoms with Gasteiger partial charge in [0.15, 0.2) is 0 Å². The highest BCUT2D eigenvalue weighted by molar-refractivity contribution is 4.98. The molecule has 0 heteroatoms. The molecule has 0 spiro atoms. The Kier molecular flexibility index (Phi) is 4.92. The summed E-state index contributed by atoms with van der Waals surface area (Å²) < 4.78 is 0. The molecule has 2 aliphatic carbocycles. The minimum absolute atomic E-state index is 0.547. The average Bonchev–Trinajstić information content (AvgIpc) is 2.39. The fraction of sp³-hybridized carbons (Fsp3) is 1.00. The fourth-order valence-electron chi connectivity index (χ4n) is 5.22. The molecule has 0 aliphatic heterocycles. The molecule has 5 atom stereocenters. The van der Waals surface area contributed by atoms with Gasteiger partial charge in [0.2, 0.25) is 0 Å². The minimum Gasteiger partial charge on any atom is -0.0649 e. The summed E-state index contributed by atoms with van der Waals surface area (Å²) in [6.07, 6.45) is 11.7. The van der Waals surface area contributed by atoms with Crippen LogP contribution >= 0.6 is 0 Å². The number of hydrogen-bond donors (Lipinski definition) is 0. The maximum absolute atomic E-state index is 2.66. The van der Waals surface area contributed by atoms with Crippen LogP contribution in [0.15, 0.2) is 0 Å². The highest BCUT2D eigenvalue weighted by Crippen LogP contribution is 2.58. The first-order valence-corrected chi connectivity index (χ1v) is 9.28. The summed E-state index contributed by atoms with van der Waals surface area (Å²) in [6.45, 7) is 15.0. The van der Waals surface area contributed by atoms with Gasteiger partial charge >= 0.3 is 0 Å². The Labute approximate surface area is 128 Å². The zero-order valence-corrected chi connectivity index (χ0v) is 15.0. The van der Waals surface area contributed by atoms with Crippen LogP contribution in [-0.4, -0.2) is 0 Å². The second kappa shape index (κ2) is 6.01. The number of hydrogen-bond acceptors (Lipinski definition) is 0. The normalized spacial score (nSPS) is 42.3. The van der Waals surface area contributed by atoms with Gasteiger partial charge in [-0.05, 0) is 66.6 Å². The molecule has 5 unspecified atom stereocenters. The van der Waals surface area contributed by atoms with Crippen LogP contribution in [0.2, 0.25) is 0 Å². The predicted octanol–water partition coefficient (Wildman–Crippen LogP) is 6.69. The van der Waals surface area contributed by atoms with E-state index in [1.165, 1.54) is 51.4 Å². The zero-order valence-electron chi connectivity index (χ0n) is 15.0. The minimum atomic E-state index is 0.547. The largest absolute Gasteiger partial charge is 0.0649 e. The predicted molar refractivity (Wildman–Crippen MR) is 89.8 cm³/mol. The summed E-state index contributed by atoms with van der Waals surface area (Å²) in [5.74, 6) is 3.95. The number of rotatable bonds is 4. The first kappa shape index (κ1) is 16.4. The average molecular weight is 279 g/mol. The molecule has 2 saturated carbocycles. The first-order valence-electron chi connectivity index (χ1n) is 9.28. The lowest BCUT2D eigenvalue weighted by molar-refractivity contribution is -0.0510. The van der Waals surface area contributed by atoms with Gasteiger partial charge in [0.25, 0.3) is 0 Å².